The molecule has 0 radical (unpaired) electrons. The number of carbonyl (C=O) groups is 1. The normalized spacial score (nSPS) is 23.2. The monoisotopic (exact) mass is 261 g/mol. The summed E-state index contributed by atoms with van der Waals surface area (Å²) in [6.07, 6.45) is 7.42. The molecule has 0 aliphatic heterocycles. The van der Waals surface area contributed by atoms with Gasteiger partial charge in [0, 0.05) is 0 Å². The number of hydrogen-bond acceptors (Lipinski definition) is 2. The van der Waals surface area contributed by atoms with Gasteiger partial charge in [0.25, 0.3) is 0 Å². The van der Waals surface area contributed by atoms with E-state index in [1.54, 1.807) is 12.1 Å². The van der Waals surface area contributed by atoms with Crippen LogP contribution in [0.5, 0.6) is 0 Å². The third-order valence-corrected chi connectivity index (χ3v) is 4.29. The smallest absolute Gasteiger partial charge is 0.335 e. The molecule has 0 amide bonds. The predicted octanol–water partition coefficient (Wildman–Crippen LogP) is 3.40. The zero-order valence-corrected chi connectivity index (χ0v) is 11.3. The van der Waals surface area contributed by atoms with E-state index in [1.165, 1.54) is 37.7 Å². The van der Waals surface area contributed by atoms with Gasteiger partial charge in [-0.1, -0.05) is 12.1 Å². The van der Waals surface area contributed by atoms with Gasteiger partial charge in [0.2, 0.25) is 0 Å². The van der Waals surface area contributed by atoms with Gasteiger partial charge in [-0.25, -0.2) is 4.79 Å². The quantitative estimate of drug-likeness (QED) is 0.854. The first-order chi connectivity index (χ1) is 9.20. The van der Waals surface area contributed by atoms with E-state index in [2.05, 4.69) is 0 Å². The lowest BCUT2D eigenvalue weighted by Gasteiger charge is -2.28. The Morgan fingerprint density at radius 2 is 1.79 bits per heavy atom. The Bertz CT molecular complexity index is 405. The van der Waals surface area contributed by atoms with Gasteiger partial charge in [0.1, 0.15) is 0 Å². The fraction of sp³-hybridized carbons (Fsp3) is 0.562. The maximum atomic E-state index is 10.8. The van der Waals surface area contributed by atoms with Gasteiger partial charge in [-0.05, 0) is 74.6 Å². The van der Waals surface area contributed by atoms with E-state index < -0.39 is 5.97 Å². The number of nitrogens with two attached hydrogens (primary N) is 1. The Hall–Kier alpha value is -1.35. The summed E-state index contributed by atoms with van der Waals surface area (Å²) in [7, 11) is 0. The molecule has 1 aliphatic rings. The van der Waals surface area contributed by atoms with Crippen molar-refractivity contribution in [3.05, 3.63) is 35.4 Å². The molecular weight excluding hydrogens is 238 g/mol. The second-order valence-electron chi connectivity index (χ2n) is 5.58. The second-order valence-corrected chi connectivity index (χ2v) is 5.58. The number of carboxylic acid groups (broad SMARTS) is 1. The molecule has 1 aromatic carbocycles. The third-order valence-electron chi connectivity index (χ3n) is 4.29. The maximum Gasteiger partial charge on any atom is 0.335 e. The largest absolute Gasteiger partial charge is 0.478 e. The van der Waals surface area contributed by atoms with Gasteiger partial charge in [-0.3, -0.25) is 0 Å². The van der Waals surface area contributed by atoms with Gasteiger partial charge in [0.05, 0.1) is 5.56 Å². The highest BCUT2D eigenvalue weighted by molar-refractivity contribution is 5.87. The number of rotatable bonds is 5. The minimum Gasteiger partial charge on any atom is -0.478 e. The molecule has 0 atom stereocenters. The molecule has 2 rings (SSSR count). The van der Waals surface area contributed by atoms with Gasteiger partial charge >= 0.3 is 5.97 Å². The van der Waals surface area contributed by atoms with Gasteiger partial charge in [0.15, 0.2) is 0 Å². The van der Waals surface area contributed by atoms with E-state index in [0.717, 1.165) is 18.9 Å². The average Bonchev–Trinajstić information content (AvgIpc) is 2.46. The minimum atomic E-state index is -0.850. The minimum absolute atomic E-state index is 0.375. The van der Waals surface area contributed by atoms with Crippen molar-refractivity contribution in [2.45, 2.75) is 44.4 Å². The maximum absolute atomic E-state index is 10.8. The first-order valence-corrected chi connectivity index (χ1v) is 7.24. The summed E-state index contributed by atoms with van der Waals surface area (Å²) in [5.74, 6) is 0.604. The summed E-state index contributed by atoms with van der Waals surface area (Å²) in [6.45, 7) is 0.802. The van der Waals surface area contributed by atoms with Crippen molar-refractivity contribution in [2.24, 2.45) is 11.7 Å². The topological polar surface area (TPSA) is 63.3 Å². The molecule has 19 heavy (non-hydrogen) atoms. The summed E-state index contributed by atoms with van der Waals surface area (Å²) in [5.41, 5.74) is 7.22. The SMILES string of the molecule is NCCCC1CCC(c2ccc(C(=O)O)cc2)CC1. The van der Waals surface area contributed by atoms with Crippen LogP contribution in [0.1, 0.15) is 60.4 Å². The van der Waals surface area contributed by atoms with Crippen molar-refractivity contribution in [3.63, 3.8) is 0 Å². The van der Waals surface area contributed by atoms with Crippen LogP contribution in [-0.2, 0) is 0 Å². The van der Waals surface area contributed by atoms with Crippen LogP contribution in [0.15, 0.2) is 24.3 Å². The van der Waals surface area contributed by atoms with Crippen LogP contribution in [0.3, 0.4) is 0 Å². The lowest BCUT2D eigenvalue weighted by molar-refractivity contribution is 0.0697. The molecule has 0 aromatic heterocycles. The first-order valence-electron chi connectivity index (χ1n) is 7.24. The Kier molecular flexibility index (Phi) is 4.97. The standard InChI is InChI=1S/C16H23NO2/c17-11-1-2-12-3-5-13(6-4-12)14-7-9-15(10-8-14)16(18)19/h7-10,12-13H,1-6,11,17H2,(H,18,19). The van der Waals surface area contributed by atoms with Gasteiger partial charge in [-0.15, -0.1) is 0 Å². The fourth-order valence-corrected chi connectivity index (χ4v) is 3.09. The van der Waals surface area contributed by atoms with Crippen molar-refractivity contribution in [1.82, 2.24) is 0 Å². The van der Waals surface area contributed by atoms with Crippen molar-refractivity contribution in [3.8, 4) is 0 Å². The molecule has 3 N–H and O–H groups in total. The fourth-order valence-electron chi connectivity index (χ4n) is 3.09. The van der Waals surface area contributed by atoms with Crippen LogP contribution < -0.4 is 5.73 Å². The zero-order chi connectivity index (χ0) is 13.7. The van der Waals surface area contributed by atoms with Crippen LogP contribution in [0.25, 0.3) is 0 Å². The molecule has 1 fully saturated rings. The van der Waals surface area contributed by atoms with E-state index in [0.29, 0.717) is 11.5 Å². The summed E-state index contributed by atoms with van der Waals surface area (Å²) in [6, 6.07) is 7.40. The van der Waals surface area contributed by atoms with Crippen molar-refractivity contribution >= 4 is 5.97 Å². The van der Waals surface area contributed by atoms with Gasteiger partial charge in [-0.2, -0.15) is 0 Å². The Balaban J connectivity index is 1.88. The molecule has 1 saturated carbocycles. The zero-order valence-electron chi connectivity index (χ0n) is 11.3. The number of carboxylic acids is 1. The van der Waals surface area contributed by atoms with Crippen LogP contribution in [0.2, 0.25) is 0 Å². The van der Waals surface area contributed by atoms with Crippen LogP contribution >= 0.6 is 0 Å². The lowest BCUT2D eigenvalue weighted by Crippen LogP contribution is -2.14. The van der Waals surface area contributed by atoms with E-state index in [4.69, 9.17) is 10.8 Å². The molecule has 3 nitrogen and oxygen atoms in total. The summed E-state index contributed by atoms with van der Waals surface area (Å²) in [5, 5.41) is 8.89. The Morgan fingerprint density at radius 3 is 2.32 bits per heavy atom. The van der Waals surface area contributed by atoms with Crippen LogP contribution in [0, 0.1) is 5.92 Å². The van der Waals surface area contributed by atoms with Crippen molar-refractivity contribution in [2.75, 3.05) is 6.54 Å². The van der Waals surface area contributed by atoms with E-state index >= 15 is 0 Å². The molecule has 1 aliphatic carbocycles. The molecule has 0 saturated heterocycles. The van der Waals surface area contributed by atoms with Crippen molar-refractivity contribution in [1.29, 1.82) is 0 Å². The molecular formula is C16H23NO2. The highest BCUT2D eigenvalue weighted by atomic mass is 16.4. The summed E-state index contributed by atoms with van der Waals surface area (Å²) in [4.78, 5) is 10.8. The average molecular weight is 261 g/mol. The highest BCUT2D eigenvalue weighted by Crippen LogP contribution is 2.37. The highest BCUT2D eigenvalue weighted by Gasteiger charge is 2.22. The first kappa shape index (κ1) is 14.1. The number of hydrogen-bond donors (Lipinski definition) is 2. The Morgan fingerprint density at radius 1 is 1.16 bits per heavy atom. The van der Waals surface area contributed by atoms with Crippen LogP contribution in [-0.4, -0.2) is 17.6 Å². The number of aromatic carboxylic acids is 1. The van der Waals surface area contributed by atoms with Gasteiger partial charge < -0.3 is 10.8 Å². The number of benzene rings is 1. The molecule has 0 heterocycles. The molecule has 104 valence electrons. The summed E-state index contributed by atoms with van der Waals surface area (Å²) < 4.78 is 0. The van der Waals surface area contributed by atoms with E-state index in [-0.39, 0.29) is 0 Å². The molecule has 0 unspecified atom stereocenters. The molecule has 1 aromatic rings. The molecule has 0 bridgehead atoms. The van der Waals surface area contributed by atoms with Crippen LogP contribution in [0.4, 0.5) is 0 Å². The summed E-state index contributed by atoms with van der Waals surface area (Å²) >= 11 is 0. The molecule has 0 spiro atoms. The second kappa shape index (κ2) is 6.71. The third kappa shape index (κ3) is 3.80. The van der Waals surface area contributed by atoms with Crippen molar-refractivity contribution < 1.29 is 9.90 Å². The lowest BCUT2D eigenvalue weighted by atomic mass is 9.77. The van der Waals surface area contributed by atoms with E-state index in [1.807, 2.05) is 12.1 Å². The van der Waals surface area contributed by atoms with E-state index in [9.17, 15) is 4.79 Å². The molecule has 3 heteroatoms. The Labute approximate surface area is 114 Å². The predicted molar refractivity (Wildman–Crippen MR) is 76.4 cm³/mol.